The van der Waals surface area contributed by atoms with Crippen LogP contribution in [0.2, 0.25) is 0 Å². The summed E-state index contributed by atoms with van der Waals surface area (Å²) in [6.07, 6.45) is 0. The first-order valence-electron chi connectivity index (χ1n) is 8.65. The number of hydrogen-bond acceptors (Lipinski definition) is 4. The third kappa shape index (κ3) is 3.47. The Labute approximate surface area is 155 Å². The Bertz CT molecular complexity index is 1100. The number of aryl methyl sites for hydroxylation is 4. The molecule has 1 aromatic carbocycles. The van der Waals surface area contributed by atoms with Crippen LogP contribution in [0.3, 0.4) is 0 Å². The molecule has 2 heterocycles. The number of carbonyl (C=O) groups is 1. The lowest BCUT2D eigenvalue weighted by Crippen LogP contribution is -2.35. The molecule has 3 rings (SSSR count). The maximum Gasteiger partial charge on any atom is 0.278 e. The monoisotopic (exact) mass is 371 g/mol. The predicted molar refractivity (Wildman–Crippen MR) is 99.9 cm³/mol. The van der Waals surface area contributed by atoms with Crippen LogP contribution in [0.4, 0.5) is 4.39 Å². The van der Waals surface area contributed by atoms with E-state index in [4.69, 9.17) is 0 Å². The van der Waals surface area contributed by atoms with Crippen LogP contribution in [0.15, 0.2) is 23.0 Å². The van der Waals surface area contributed by atoms with Crippen LogP contribution in [-0.2, 0) is 18.4 Å². The number of benzene rings is 1. The molecule has 0 radical (unpaired) electrons. The molecule has 0 aliphatic heterocycles. The number of aromatic nitrogens is 4. The molecule has 0 spiro atoms. The van der Waals surface area contributed by atoms with Crippen LogP contribution in [0.5, 0.6) is 0 Å². The number of rotatable bonds is 4. The van der Waals surface area contributed by atoms with Crippen molar-refractivity contribution >= 4 is 16.8 Å². The van der Waals surface area contributed by atoms with Gasteiger partial charge < -0.3 is 5.32 Å². The molecule has 3 aromatic rings. The normalized spacial score (nSPS) is 12.4. The quantitative estimate of drug-likeness (QED) is 0.761. The average molecular weight is 371 g/mol. The summed E-state index contributed by atoms with van der Waals surface area (Å²) in [6, 6.07) is 4.33. The molecule has 0 bridgehead atoms. The predicted octanol–water partition coefficient (Wildman–Crippen LogP) is 2.07. The van der Waals surface area contributed by atoms with Crippen LogP contribution in [-0.4, -0.2) is 25.5 Å². The van der Waals surface area contributed by atoms with Crippen LogP contribution in [0, 0.1) is 26.6 Å². The number of carbonyl (C=O) groups excluding carboxylic acids is 1. The van der Waals surface area contributed by atoms with Crippen LogP contribution >= 0.6 is 0 Å². The van der Waals surface area contributed by atoms with E-state index in [1.54, 1.807) is 51.6 Å². The van der Waals surface area contributed by atoms with Crippen molar-refractivity contribution in [2.24, 2.45) is 7.05 Å². The zero-order chi connectivity index (χ0) is 19.9. The zero-order valence-corrected chi connectivity index (χ0v) is 16.0. The van der Waals surface area contributed by atoms with Crippen molar-refractivity contribution in [3.05, 3.63) is 56.9 Å². The molecular weight excluding hydrogens is 349 g/mol. The lowest BCUT2D eigenvalue weighted by Gasteiger charge is -2.16. The maximum atomic E-state index is 14.1. The topological polar surface area (TPSA) is 81.8 Å². The summed E-state index contributed by atoms with van der Waals surface area (Å²) in [6.45, 7) is 6.76. The number of halogens is 1. The molecular formula is C19H22FN5O2. The second-order valence-electron chi connectivity index (χ2n) is 6.80. The highest BCUT2D eigenvalue weighted by Crippen LogP contribution is 2.18. The third-order valence-electron chi connectivity index (χ3n) is 4.58. The van der Waals surface area contributed by atoms with Crippen molar-refractivity contribution in [3.63, 3.8) is 0 Å². The Morgan fingerprint density at radius 2 is 1.93 bits per heavy atom. The van der Waals surface area contributed by atoms with E-state index in [1.807, 2.05) is 0 Å². The van der Waals surface area contributed by atoms with E-state index in [0.717, 1.165) is 10.2 Å². The largest absolute Gasteiger partial charge is 0.348 e. The summed E-state index contributed by atoms with van der Waals surface area (Å²) in [5.74, 6) is -0.793. The summed E-state index contributed by atoms with van der Waals surface area (Å²) in [4.78, 5) is 25.1. The Morgan fingerprint density at radius 3 is 2.59 bits per heavy atom. The molecule has 27 heavy (non-hydrogen) atoms. The minimum atomic E-state index is -0.529. The molecule has 7 nitrogen and oxygen atoms in total. The molecule has 142 valence electrons. The third-order valence-corrected chi connectivity index (χ3v) is 4.58. The van der Waals surface area contributed by atoms with Gasteiger partial charge in [-0.05, 0) is 39.3 Å². The zero-order valence-electron chi connectivity index (χ0n) is 16.0. The number of nitrogens with zero attached hydrogens (tertiary/aromatic N) is 4. The first kappa shape index (κ1) is 18.8. The number of amides is 1. The minimum Gasteiger partial charge on any atom is -0.348 e. The van der Waals surface area contributed by atoms with Gasteiger partial charge in [0.1, 0.15) is 12.4 Å². The summed E-state index contributed by atoms with van der Waals surface area (Å²) < 4.78 is 16.8. The summed E-state index contributed by atoms with van der Waals surface area (Å²) in [7, 11) is 1.75. The fourth-order valence-corrected chi connectivity index (χ4v) is 3.32. The van der Waals surface area contributed by atoms with Gasteiger partial charge >= 0.3 is 0 Å². The second-order valence-corrected chi connectivity index (χ2v) is 6.80. The van der Waals surface area contributed by atoms with E-state index >= 15 is 0 Å². The van der Waals surface area contributed by atoms with Gasteiger partial charge in [-0.25, -0.2) is 9.07 Å². The summed E-state index contributed by atoms with van der Waals surface area (Å²) in [5, 5.41) is 11.7. The van der Waals surface area contributed by atoms with Crippen molar-refractivity contribution in [1.82, 2.24) is 24.9 Å². The van der Waals surface area contributed by atoms with Crippen molar-refractivity contribution in [2.75, 3.05) is 0 Å². The summed E-state index contributed by atoms with van der Waals surface area (Å²) >= 11 is 0. The average Bonchev–Trinajstić information content (AvgIpc) is 2.87. The number of hydrogen-bond donors (Lipinski definition) is 1. The molecule has 0 unspecified atom stereocenters. The van der Waals surface area contributed by atoms with Gasteiger partial charge in [0.2, 0.25) is 5.91 Å². The molecule has 8 heteroatoms. The molecule has 1 N–H and O–H groups in total. The van der Waals surface area contributed by atoms with Crippen molar-refractivity contribution in [3.8, 4) is 0 Å². The van der Waals surface area contributed by atoms with Crippen LogP contribution in [0.1, 0.15) is 35.5 Å². The second kappa shape index (κ2) is 6.94. The van der Waals surface area contributed by atoms with Gasteiger partial charge in [0.25, 0.3) is 5.56 Å². The van der Waals surface area contributed by atoms with E-state index in [1.165, 1.54) is 6.07 Å². The fourth-order valence-electron chi connectivity index (χ4n) is 3.32. The maximum absolute atomic E-state index is 14.1. The van der Waals surface area contributed by atoms with Gasteiger partial charge in [-0.1, -0.05) is 12.1 Å². The highest BCUT2D eigenvalue weighted by molar-refractivity contribution is 5.83. The van der Waals surface area contributed by atoms with Crippen molar-refractivity contribution in [2.45, 2.75) is 40.3 Å². The number of nitrogens with one attached hydrogen (secondary N) is 1. The molecule has 0 saturated heterocycles. The van der Waals surface area contributed by atoms with Gasteiger partial charge in [-0.2, -0.15) is 10.2 Å². The SMILES string of the molecule is Cc1ccc([C@H](C)NC(=O)Cn2nc(C)c3c(c(C)nn3C)c2=O)c(F)c1. The van der Waals surface area contributed by atoms with Crippen molar-refractivity contribution < 1.29 is 9.18 Å². The molecule has 0 saturated carbocycles. The van der Waals surface area contributed by atoms with Gasteiger partial charge in [-0.3, -0.25) is 14.3 Å². The Morgan fingerprint density at radius 1 is 1.22 bits per heavy atom. The molecule has 0 aliphatic rings. The molecule has 1 atom stereocenters. The van der Waals surface area contributed by atoms with E-state index < -0.39 is 11.9 Å². The minimum absolute atomic E-state index is 0.248. The Hall–Kier alpha value is -3.03. The van der Waals surface area contributed by atoms with Gasteiger partial charge in [0.15, 0.2) is 0 Å². The molecule has 0 fully saturated rings. The standard InChI is InChI=1S/C19H22FN5O2/c1-10-6-7-14(15(20)8-10)11(2)21-16(26)9-25-19(27)17-12(3)22-24(5)18(17)13(4)23-25/h6-8,11H,9H2,1-5H3,(H,21,26)/t11-/m0/s1. The van der Waals surface area contributed by atoms with Crippen LogP contribution in [0.25, 0.3) is 10.9 Å². The smallest absolute Gasteiger partial charge is 0.278 e. The fraction of sp³-hybridized carbons (Fsp3) is 0.368. The van der Waals surface area contributed by atoms with E-state index in [9.17, 15) is 14.0 Å². The van der Waals surface area contributed by atoms with E-state index in [0.29, 0.717) is 27.9 Å². The summed E-state index contributed by atoms with van der Waals surface area (Å²) in [5.41, 5.74) is 2.69. The van der Waals surface area contributed by atoms with Crippen LogP contribution < -0.4 is 10.9 Å². The van der Waals surface area contributed by atoms with Gasteiger partial charge in [-0.15, -0.1) is 0 Å². The lowest BCUT2D eigenvalue weighted by atomic mass is 10.1. The Balaban J connectivity index is 1.85. The molecule has 0 aliphatic carbocycles. The van der Waals surface area contributed by atoms with Gasteiger partial charge in [0.05, 0.1) is 28.3 Å². The van der Waals surface area contributed by atoms with E-state index in [2.05, 4.69) is 15.5 Å². The lowest BCUT2D eigenvalue weighted by molar-refractivity contribution is -0.122. The number of fused-ring (bicyclic) bond motifs is 1. The Kier molecular flexibility index (Phi) is 4.82. The highest BCUT2D eigenvalue weighted by atomic mass is 19.1. The highest BCUT2D eigenvalue weighted by Gasteiger charge is 2.18. The molecule has 1 amide bonds. The van der Waals surface area contributed by atoms with Crippen molar-refractivity contribution in [1.29, 1.82) is 0 Å². The first-order valence-corrected chi connectivity index (χ1v) is 8.65. The van der Waals surface area contributed by atoms with E-state index in [-0.39, 0.29) is 17.9 Å². The first-order chi connectivity index (χ1) is 12.7. The van der Waals surface area contributed by atoms with Gasteiger partial charge in [0, 0.05) is 12.6 Å². The molecule has 2 aromatic heterocycles.